The lowest BCUT2D eigenvalue weighted by atomic mass is 10.1. The van der Waals surface area contributed by atoms with Crippen molar-refractivity contribution < 1.29 is 9.90 Å². The predicted molar refractivity (Wildman–Crippen MR) is 60.3 cm³/mol. The van der Waals surface area contributed by atoms with E-state index in [-0.39, 0.29) is 23.8 Å². The van der Waals surface area contributed by atoms with Crippen molar-refractivity contribution in [3.63, 3.8) is 0 Å². The molecule has 0 aromatic heterocycles. The number of benzene rings is 1. The number of amides is 1. The Kier molecular flexibility index (Phi) is 4.15. The Hall–Kier alpha value is -1.73. The van der Waals surface area contributed by atoms with Gasteiger partial charge in [0.15, 0.2) is 0 Å². The molecular weight excluding hydrogens is 228 g/mol. The van der Waals surface area contributed by atoms with Crippen LogP contribution < -0.4 is 5.32 Å². The first-order chi connectivity index (χ1) is 7.54. The summed E-state index contributed by atoms with van der Waals surface area (Å²) in [6, 6.07) is 5.95. The molecule has 1 unspecified atom stereocenters. The number of halogens is 1. The highest BCUT2D eigenvalue weighted by Gasteiger charge is 2.13. The molecule has 0 heterocycles. The Morgan fingerprint density at radius 1 is 1.69 bits per heavy atom. The van der Waals surface area contributed by atoms with Gasteiger partial charge in [0.2, 0.25) is 0 Å². The summed E-state index contributed by atoms with van der Waals surface area (Å²) in [4.78, 5) is 11.6. The van der Waals surface area contributed by atoms with Crippen molar-refractivity contribution in [3.8, 4) is 11.8 Å². The summed E-state index contributed by atoms with van der Waals surface area (Å²) in [5, 5.41) is 20.9. The van der Waals surface area contributed by atoms with Gasteiger partial charge >= 0.3 is 0 Å². The molecule has 0 aliphatic heterocycles. The van der Waals surface area contributed by atoms with E-state index in [2.05, 4.69) is 5.32 Å². The molecule has 0 aliphatic rings. The zero-order valence-corrected chi connectivity index (χ0v) is 9.45. The highest BCUT2D eigenvalue weighted by molar-refractivity contribution is 6.30. The fourth-order valence-corrected chi connectivity index (χ4v) is 1.35. The molecule has 0 saturated carbocycles. The lowest BCUT2D eigenvalue weighted by Gasteiger charge is -2.11. The monoisotopic (exact) mass is 238 g/mol. The average molecular weight is 239 g/mol. The summed E-state index contributed by atoms with van der Waals surface area (Å²) in [5.74, 6) is -0.592. The quantitative estimate of drug-likeness (QED) is 0.847. The van der Waals surface area contributed by atoms with Crippen molar-refractivity contribution in [2.24, 2.45) is 0 Å². The zero-order valence-electron chi connectivity index (χ0n) is 8.70. The molecule has 4 nitrogen and oxygen atoms in total. The van der Waals surface area contributed by atoms with Gasteiger partial charge in [-0.25, -0.2) is 0 Å². The molecule has 1 aromatic carbocycles. The number of carbonyl (C=O) groups excluding carboxylic acids is 1. The van der Waals surface area contributed by atoms with E-state index in [1.54, 1.807) is 6.92 Å². The first-order valence-corrected chi connectivity index (χ1v) is 5.08. The van der Waals surface area contributed by atoms with E-state index in [1.807, 2.05) is 6.07 Å². The van der Waals surface area contributed by atoms with Gasteiger partial charge in [0.05, 0.1) is 18.1 Å². The van der Waals surface area contributed by atoms with E-state index < -0.39 is 5.91 Å². The molecule has 16 heavy (non-hydrogen) atoms. The first-order valence-electron chi connectivity index (χ1n) is 4.71. The second kappa shape index (κ2) is 5.38. The zero-order chi connectivity index (χ0) is 12.1. The third kappa shape index (κ3) is 3.14. The van der Waals surface area contributed by atoms with Gasteiger partial charge in [-0.3, -0.25) is 4.79 Å². The van der Waals surface area contributed by atoms with Gasteiger partial charge in [-0.05, 0) is 25.1 Å². The van der Waals surface area contributed by atoms with E-state index in [9.17, 15) is 9.90 Å². The predicted octanol–water partition coefficient (Wildman–Crippen LogP) is 2.08. The summed E-state index contributed by atoms with van der Waals surface area (Å²) in [7, 11) is 0. The fourth-order valence-electron chi connectivity index (χ4n) is 1.19. The minimum atomic E-state index is -0.420. The summed E-state index contributed by atoms with van der Waals surface area (Å²) in [6.45, 7) is 1.72. The minimum Gasteiger partial charge on any atom is -0.507 e. The molecule has 2 N–H and O–H groups in total. The van der Waals surface area contributed by atoms with Crippen molar-refractivity contribution in [2.75, 3.05) is 0 Å². The van der Waals surface area contributed by atoms with E-state index in [0.29, 0.717) is 5.02 Å². The van der Waals surface area contributed by atoms with Crippen LogP contribution in [0.1, 0.15) is 23.7 Å². The second-order valence-electron chi connectivity index (χ2n) is 3.40. The Labute approximate surface area is 98.5 Å². The van der Waals surface area contributed by atoms with Crippen LogP contribution in [0.4, 0.5) is 0 Å². The van der Waals surface area contributed by atoms with E-state index in [4.69, 9.17) is 16.9 Å². The van der Waals surface area contributed by atoms with Gasteiger partial charge in [-0.15, -0.1) is 0 Å². The molecule has 0 bridgehead atoms. The van der Waals surface area contributed by atoms with E-state index in [0.717, 1.165) is 0 Å². The van der Waals surface area contributed by atoms with Gasteiger partial charge < -0.3 is 10.4 Å². The smallest absolute Gasteiger partial charge is 0.255 e. The third-order valence-corrected chi connectivity index (χ3v) is 2.21. The Bertz CT molecular complexity index is 440. The molecule has 1 aromatic rings. The summed E-state index contributed by atoms with van der Waals surface area (Å²) in [6.07, 6.45) is 0.222. The van der Waals surface area contributed by atoms with Crippen LogP contribution in [-0.4, -0.2) is 17.1 Å². The minimum absolute atomic E-state index is 0.147. The van der Waals surface area contributed by atoms with Gasteiger partial charge in [0, 0.05) is 11.1 Å². The van der Waals surface area contributed by atoms with E-state index in [1.165, 1.54) is 18.2 Å². The summed E-state index contributed by atoms with van der Waals surface area (Å²) in [5.41, 5.74) is 0.147. The molecule has 84 valence electrons. The van der Waals surface area contributed by atoms with Crippen molar-refractivity contribution in [2.45, 2.75) is 19.4 Å². The standard InChI is InChI=1S/C11H11ClN2O2/c1-7(4-5-13)14-11(16)9-3-2-8(12)6-10(9)15/h2-3,6-7,15H,4H2,1H3,(H,14,16). The van der Waals surface area contributed by atoms with Crippen LogP contribution in [0.2, 0.25) is 5.02 Å². The maximum Gasteiger partial charge on any atom is 0.255 e. The number of rotatable bonds is 3. The number of nitrogens with one attached hydrogen (secondary N) is 1. The average Bonchev–Trinajstić information content (AvgIpc) is 2.17. The highest BCUT2D eigenvalue weighted by atomic mass is 35.5. The van der Waals surface area contributed by atoms with Gasteiger partial charge in [-0.2, -0.15) is 5.26 Å². The van der Waals surface area contributed by atoms with E-state index >= 15 is 0 Å². The first kappa shape index (κ1) is 12.3. The third-order valence-electron chi connectivity index (χ3n) is 1.98. The number of phenols is 1. The Morgan fingerprint density at radius 2 is 2.38 bits per heavy atom. The molecule has 0 aliphatic carbocycles. The number of phenolic OH excluding ortho intramolecular Hbond substituents is 1. The molecule has 0 radical (unpaired) electrons. The normalized spacial score (nSPS) is 11.6. The fraction of sp³-hybridized carbons (Fsp3) is 0.273. The van der Waals surface area contributed by atoms with Crippen molar-refractivity contribution in [3.05, 3.63) is 28.8 Å². The Balaban J connectivity index is 2.78. The molecule has 1 rings (SSSR count). The molecule has 0 fully saturated rings. The second-order valence-corrected chi connectivity index (χ2v) is 3.83. The summed E-state index contributed by atoms with van der Waals surface area (Å²) >= 11 is 5.64. The van der Waals surface area contributed by atoms with Crippen LogP contribution in [0.25, 0.3) is 0 Å². The van der Waals surface area contributed by atoms with Crippen molar-refractivity contribution in [1.82, 2.24) is 5.32 Å². The lowest BCUT2D eigenvalue weighted by Crippen LogP contribution is -2.32. The SMILES string of the molecule is CC(CC#N)NC(=O)c1ccc(Cl)cc1O. The van der Waals surface area contributed by atoms with Crippen LogP contribution in [0.15, 0.2) is 18.2 Å². The topological polar surface area (TPSA) is 73.1 Å². The van der Waals surface area contributed by atoms with Crippen LogP contribution in [-0.2, 0) is 0 Å². The number of hydrogen-bond acceptors (Lipinski definition) is 3. The molecule has 5 heteroatoms. The van der Waals surface area contributed by atoms with Crippen LogP contribution in [0, 0.1) is 11.3 Å². The lowest BCUT2D eigenvalue weighted by molar-refractivity contribution is 0.0938. The molecular formula is C11H11ClN2O2. The van der Waals surface area contributed by atoms with Gasteiger partial charge in [0.1, 0.15) is 5.75 Å². The molecule has 0 saturated heterocycles. The number of nitrogens with zero attached hydrogens (tertiary/aromatic N) is 1. The number of carbonyl (C=O) groups is 1. The summed E-state index contributed by atoms with van der Waals surface area (Å²) < 4.78 is 0. The molecule has 1 amide bonds. The number of nitriles is 1. The highest BCUT2D eigenvalue weighted by Crippen LogP contribution is 2.21. The largest absolute Gasteiger partial charge is 0.507 e. The maximum atomic E-state index is 11.6. The van der Waals surface area contributed by atoms with Gasteiger partial charge in [0.25, 0.3) is 5.91 Å². The molecule has 1 atom stereocenters. The van der Waals surface area contributed by atoms with Crippen LogP contribution in [0.5, 0.6) is 5.75 Å². The number of aromatic hydroxyl groups is 1. The maximum absolute atomic E-state index is 11.6. The van der Waals surface area contributed by atoms with Crippen molar-refractivity contribution in [1.29, 1.82) is 5.26 Å². The van der Waals surface area contributed by atoms with Crippen molar-refractivity contribution >= 4 is 17.5 Å². The molecule has 0 spiro atoms. The Morgan fingerprint density at radius 3 is 2.94 bits per heavy atom. The van der Waals surface area contributed by atoms with Gasteiger partial charge in [-0.1, -0.05) is 11.6 Å². The van der Waals surface area contributed by atoms with Crippen LogP contribution >= 0.6 is 11.6 Å². The number of hydrogen-bond donors (Lipinski definition) is 2. The van der Waals surface area contributed by atoms with Crippen LogP contribution in [0.3, 0.4) is 0 Å².